The van der Waals surface area contributed by atoms with Gasteiger partial charge in [-0.1, -0.05) is 47.5 Å². The van der Waals surface area contributed by atoms with Crippen LogP contribution in [0.5, 0.6) is 5.75 Å². The molecule has 1 aliphatic heterocycles. The van der Waals surface area contributed by atoms with Crippen LogP contribution in [-0.2, 0) is 19.5 Å². The summed E-state index contributed by atoms with van der Waals surface area (Å²) in [6.45, 7) is 1.80. The van der Waals surface area contributed by atoms with Gasteiger partial charge in [0.15, 0.2) is 0 Å². The van der Waals surface area contributed by atoms with E-state index < -0.39 is 5.97 Å². The molecule has 2 heterocycles. The number of carbonyl (C=O) groups is 1. The van der Waals surface area contributed by atoms with Crippen molar-refractivity contribution >= 4 is 29.2 Å². The molecule has 0 radical (unpaired) electrons. The first-order valence-electron chi connectivity index (χ1n) is 11.2. The molecule has 0 saturated carbocycles. The molecule has 1 fully saturated rings. The number of pyridine rings is 1. The van der Waals surface area contributed by atoms with Gasteiger partial charge in [-0.05, 0) is 67.3 Å². The van der Waals surface area contributed by atoms with E-state index in [-0.39, 0.29) is 22.2 Å². The Bertz CT molecular complexity index is 1240. The Kier molecular flexibility index (Phi) is 7.61. The van der Waals surface area contributed by atoms with Crippen LogP contribution in [0.1, 0.15) is 46.1 Å². The average Bonchev–Trinajstić information content (AvgIpc) is 3.31. The zero-order valence-electron chi connectivity index (χ0n) is 18.8. The maximum absolute atomic E-state index is 13.0. The second kappa shape index (κ2) is 10.6. The van der Waals surface area contributed by atoms with Crippen molar-refractivity contribution in [3.63, 3.8) is 0 Å². The highest BCUT2D eigenvalue weighted by molar-refractivity contribution is 6.34. The number of carboxylic acids is 1. The first-order chi connectivity index (χ1) is 16.4. The molecule has 34 heavy (non-hydrogen) atoms. The quantitative estimate of drug-likeness (QED) is 0.445. The second-order valence-corrected chi connectivity index (χ2v) is 9.22. The van der Waals surface area contributed by atoms with Crippen molar-refractivity contribution in [2.75, 3.05) is 13.7 Å². The third-order valence-corrected chi connectivity index (χ3v) is 6.92. The van der Waals surface area contributed by atoms with Crippen molar-refractivity contribution in [3.8, 4) is 5.75 Å². The van der Waals surface area contributed by atoms with E-state index in [2.05, 4.69) is 17.0 Å². The number of hydrogen-bond acceptors (Lipinski definition) is 4. The van der Waals surface area contributed by atoms with Crippen LogP contribution in [0.2, 0.25) is 10.0 Å². The summed E-state index contributed by atoms with van der Waals surface area (Å²) in [6.07, 6.45) is 2.61. The number of hydrogen-bond donors (Lipinski definition) is 1. The van der Waals surface area contributed by atoms with Crippen molar-refractivity contribution in [2.24, 2.45) is 0 Å². The van der Waals surface area contributed by atoms with Gasteiger partial charge in [0, 0.05) is 19.1 Å². The minimum Gasteiger partial charge on any atom is -0.497 e. The molecule has 8 heteroatoms. The van der Waals surface area contributed by atoms with E-state index in [1.165, 1.54) is 11.6 Å². The number of benzene rings is 2. The molecule has 4 rings (SSSR count). The van der Waals surface area contributed by atoms with Gasteiger partial charge in [-0.2, -0.15) is 0 Å². The van der Waals surface area contributed by atoms with Crippen molar-refractivity contribution in [2.45, 2.75) is 38.4 Å². The molecule has 2 aromatic carbocycles. The Labute approximate surface area is 208 Å². The molecule has 0 bridgehead atoms. The lowest BCUT2D eigenvalue weighted by molar-refractivity contribution is 0.0697. The maximum atomic E-state index is 13.0. The highest BCUT2D eigenvalue weighted by Gasteiger charge is 2.28. The van der Waals surface area contributed by atoms with Gasteiger partial charge < -0.3 is 14.4 Å². The zero-order chi connectivity index (χ0) is 24.2. The van der Waals surface area contributed by atoms with Crippen LogP contribution in [0.4, 0.5) is 0 Å². The monoisotopic (exact) mass is 500 g/mol. The number of halogens is 2. The van der Waals surface area contributed by atoms with Gasteiger partial charge in [-0.3, -0.25) is 9.69 Å². The van der Waals surface area contributed by atoms with E-state index in [0.29, 0.717) is 24.5 Å². The van der Waals surface area contributed by atoms with E-state index in [4.69, 9.17) is 33.0 Å². The first kappa shape index (κ1) is 24.3. The normalized spacial score (nSPS) is 16.0. The maximum Gasteiger partial charge on any atom is 0.335 e. The predicted octanol–water partition coefficient (Wildman–Crippen LogP) is 5.44. The highest BCUT2D eigenvalue weighted by atomic mass is 35.5. The first-order valence-corrected chi connectivity index (χ1v) is 11.9. The van der Waals surface area contributed by atoms with E-state index in [1.54, 1.807) is 35.9 Å². The average molecular weight is 501 g/mol. The lowest BCUT2D eigenvalue weighted by Crippen LogP contribution is -2.31. The Morgan fingerprint density at radius 3 is 2.59 bits per heavy atom. The summed E-state index contributed by atoms with van der Waals surface area (Å²) < 4.78 is 7.05. The summed E-state index contributed by atoms with van der Waals surface area (Å²) in [4.78, 5) is 26.4. The molecule has 0 amide bonds. The van der Waals surface area contributed by atoms with Crippen LogP contribution in [0.3, 0.4) is 0 Å². The molecule has 1 N–H and O–H groups in total. The summed E-state index contributed by atoms with van der Waals surface area (Å²) in [5, 5.41) is 9.64. The van der Waals surface area contributed by atoms with Gasteiger partial charge in [-0.15, -0.1) is 0 Å². The molecule has 1 atom stereocenters. The molecular formula is C26H26Cl2N2O4. The molecule has 0 spiro atoms. The summed E-state index contributed by atoms with van der Waals surface area (Å²) >= 11 is 12.8. The number of aromatic carboxylic acids is 1. The third kappa shape index (κ3) is 5.30. The summed E-state index contributed by atoms with van der Waals surface area (Å²) in [5.41, 5.74) is 2.78. The van der Waals surface area contributed by atoms with Crippen LogP contribution in [0.15, 0.2) is 59.4 Å². The Hall–Kier alpha value is -2.80. The van der Waals surface area contributed by atoms with Crippen LogP contribution >= 0.6 is 23.2 Å². The molecule has 0 aliphatic carbocycles. The number of carboxylic acid groups (broad SMARTS) is 1. The molecule has 1 unspecified atom stereocenters. The number of rotatable bonds is 8. The standard InChI is InChI=1S/C26H26Cl2N2O4/c1-34-20-5-2-4-19(14-20)23-6-3-12-29(23)16-24-21(27)15-22(28)25(31)30(24)13-11-17-7-9-18(10-8-17)26(32)33/h2,4-5,7-10,14-15,23H,3,6,11-13,16H2,1H3,(H,32,33). The Morgan fingerprint density at radius 1 is 1.12 bits per heavy atom. The third-order valence-electron chi connectivity index (χ3n) is 6.32. The fourth-order valence-corrected chi connectivity index (χ4v) is 5.06. The molecule has 6 nitrogen and oxygen atoms in total. The molecule has 1 aromatic heterocycles. The Balaban J connectivity index is 1.59. The van der Waals surface area contributed by atoms with Crippen molar-refractivity contribution in [3.05, 3.63) is 97.4 Å². The molecular weight excluding hydrogens is 475 g/mol. The number of aryl methyl sites for hydroxylation is 1. The topological polar surface area (TPSA) is 71.8 Å². The van der Waals surface area contributed by atoms with Gasteiger partial charge in [0.2, 0.25) is 0 Å². The zero-order valence-corrected chi connectivity index (χ0v) is 20.4. The van der Waals surface area contributed by atoms with E-state index in [9.17, 15) is 9.59 Å². The number of likely N-dealkylation sites (tertiary alicyclic amines) is 1. The highest BCUT2D eigenvalue weighted by Crippen LogP contribution is 2.35. The van der Waals surface area contributed by atoms with Crippen molar-refractivity contribution < 1.29 is 14.6 Å². The summed E-state index contributed by atoms with van der Waals surface area (Å²) in [6, 6.07) is 16.5. The van der Waals surface area contributed by atoms with Gasteiger partial charge in [0.05, 0.1) is 23.4 Å². The van der Waals surface area contributed by atoms with E-state index >= 15 is 0 Å². The second-order valence-electron chi connectivity index (χ2n) is 8.40. The van der Waals surface area contributed by atoms with Gasteiger partial charge in [-0.25, -0.2) is 4.79 Å². The molecule has 1 saturated heterocycles. The lowest BCUT2D eigenvalue weighted by Gasteiger charge is -2.27. The lowest BCUT2D eigenvalue weighted by atomic mass is 10.0. The minimum absolute atomic E-state index is 0.0840. The fraction of sp³-hybridized carbons (Fsp3) is 0.308. The number of aromatic nitrogens is 1. The number of methoxy groups -OCH3 is 1. The molecule has 1 aliphatic rings. The minimum atomic E-state index is -0.970. The van der Waals surface area contributed by atoms with Crippen LogP contribution < -0.4 is 10.3 Å². The van der Waals surface area contributed by atoms with Crippen molar-refractivity contribution in [1.82, 2.24) is 9.47 Å². The number of nitrogens with zero attached hydrogens (tertiary/aromatic N) is 2. The summed E-state index contributed by atoms with van der Waals surface area (Å²) in [5.74, 6) is -0.150. The number of ether oxygens (including phenoxy) is 1. The SMILES string of the molecule is COc1cccc(C2CCCN2Cc2c(Cl)cc(Cl)c(=O)n2CCc2ccc(C(=O)O)cc2)c1. The fourth-order valence-electron chi connectivity index (χ4n) is 4.52. The van der Waals surface area contributed by atoms with Gasteiger partial charge in [0.1, 0.15) is 10.8 Å². The van der Waals surface area contributed by atoms with Crippen LogP contribution in [-0.4, -0.2) is 34.2 Å². The van der Waals surface area contributed by atoms with Crippen molar-refractivity contribution in [1.29, 1.82) is 0 Å². The molecule has 178 valence electrons. The van der Waals surface area contributed by atoms with E-state index in [0.717, 1.165) is 36.4 Å². The van der Waals surface area contributed by atoms with Gasteiger partial charge >= 0.3 is 5.97 Å². The smallest absolute Gasteiger partial charge is 0.335 e. The van der Waals surface area contributed by atoms with Crippen LogP contribution in [0, 0.1) is 0 Å². The summed E-state index contributed by atoms with van der Waals surface area (Å²) in [7, 11) is 1.66. The van der Waals surface area contributed by atoms with Gasteiger partial charge in [0.25, 0.3) is 5.56 Å². The predicted molar refractivity (Wildman–Crippen MR) is 133 cm³/mol. The van der Waals surface area contributed by atoms with Crippen LogP contribution in [0.25, 0.3) is 0 Å². The van der Waals surface area contributed by atoms with E-state index in [1.807, 2.05) is 12.1 Å². The largest absolute Gasteiger partial charge is 0.497 e. The molecule has 3 aromatic rings. The Morgan fingerprint density at radius 2 is 1.88 bits per heavy atom.